The van der Waals surface area contributed by atoms with E-state index in [1.807, 2.05) is 42.0 Å². The molecule has 3 N–H and O–H groups in total. The summed E-state index contributed by atoms with van der Waals surface area (Å²) in [6.45, 7) is 2.33. The van der Waals surface area contributed by atoms with Crippen LogP contribution in [0.4, 0.5) is 0 Å². The van der Waals surface area contributed by atoms with Crippen LogP contribution >= 0.6 is 0 Å². The van der Waals surface area contributed by atoms with Crippen molar-refractivity contribution in [1.29, 1.82) is 0 Å². The van der Waals surface area contributed by atoms with Gasteiger partial charge in [0.25, 0.3) is 0 Å². The number of carbonyl (C=O) groups is 1. The molecule has 84 valence electrons. The summed E-state index contributed by atoms with van der Waals surface area (Å²) in [5, 5.41) is 9.91. The summed E-state index contributed by atoms with van der Waals surface area (Å²) in [4.78, 5) is 10.7. The lowest BCUT2D eigenvalue weighted by Gasteiger charge is -2.09. The Labute approximate surface area is 93.3 Å². The fourth-order valence-electron chi connectivity index (χ4n) is 1.83. The van der Waals surface area contributed by atoms with Crippen LogP contribution in [0, 0.1) is 6.92 Å². The zero-order valence-electron chi connectivity index (χ0n) is 9.05. The van der Waals surface area contributed by atoms with Gasteiger partial charge in [0.15, 0.2) is 0 Å². The Hall–Kier alpha value is -1.81. The fourth-order valence-corrected chi connectivity index (χ4v) is 1.83. The number of fused-ring (bicyclic) bond motifs is 1. The van der Waals surface area contributed by atoms with E-state index in [4.69, 9.17) is 10.8 Å². The molecule has 1 aromatic carbocycles. The van der Waals surface area contributed by atoms with Crippen LogP contribution in [0.15, 0.2) is 30.5 Å². The van der Waals surface area contributed by atoms with Gasteiger partial charge in [0, 0.05) is 23.6 Å². The van der Waals surface area contributed by atoms with E-state index < -0.39 is 12.0 Å². The molecule has 1 aromatic heterocycles. The predicted octanol–water partition coefficient (Wildman–Crippen LogP) is 1.36. The van der Waals surface area contributed by atoms with Crippen molar-refractivity contribution in [3.63, 3.8) is 0 Å². The summed E-state index contributed by atoms with van der Waals surface area (Å²) in [6.07, 6.45) is 1.88. The highest BCUT2D eigenvalue weighted by atomic mass is 16.4. The number of aliphatic carboxylic acids is 1. The van der Waals surface area contributed by atoms with Gasteiger partial charge in [-0.3, -0.25) is 4.79 Å². The van der Waals surface area contributed by atoms with Crippen LogP contribution in [0.2, 0.25) is 0 Å². The first-order chi connectivity index (χ1) is 7.59. The van der Waals surface area contributed by atoms with E-state index >= 15 is 0 Å². The van der Waals surface area contributed by atoms with Crippen molar-refractivity contribution in [2.75, 3.05) is 0 Å². The number of hydrogen-bond acceptors (Lipinski definition) is 2. The zero-order valence-corrected chi connectivity index (χ0v) is 9.05. The number of benzene rings is 1. The number of carboxylic acid groups (broad SMARTS) is 1. The number of hydrogen-bond donors (Lipinski definition) is 2. The third kappa shape index (κ3) is 1.79. The Kier molecular flexibility index (Phi) is 2.66. The van der Waals surface area contributed by atoms with E-state index in [0.29, 0.717) is 6.54 Å². The van der Waals surface area contributed by atoms with Gasteiger partial charge < -0.3 is 15.4 Å². The van der Waals surface area contributed by atoms with Gasteiger partial charge in [-0.15, -0.1) is 0 Å². The molecule has 0 bridgehead atoms. The molecule has 0 aliphatic heterocycles. The molecule has 0 aliphatic rings. The summed E-state index contributed by atoms with van der Waals surface area (Å²) in [6, 6.07) is 7.08. The molecule has 0 unspecified atom stereocenters. The molecule has 1 atom stereocenters. The zero-order chi connectivity index (χ0) is 11.7. The van der Waals surface area contributed by atoms with Gasteiger partial charge in [0.1, 0.15) is 6.04 Å². The molecule has 1 heterocycles. The second kappa shape index (κ2) is 3.98. The second-order valence-electron chi connectivity index (χ2n) is 3.92. The van der Waals surface area contributed by atoms with Crippen molar-refractivity contribution in [3.8, 4) is 0 Å². The van der Waals surface area contributed by atoms with E-state index in [2.05, 4.69) is 0 Å². The lowest BCUT2D eigenvalue weighted by atomic mass is 10.1. The lowest BCUT2D eigenvalue weighted by molar-refractivity contribution is -0.138. The van der Waals surface area contributed by atoms with Crippen molar-refractivity contribution in [3.05, 3.63) is 36.0 Å². The summed E-state index contributed by atoms with van der Waals surface area (Å²) in [5.41, 5.74) is 7.72. The molecule has 0 saturated heterocycles. The monoisotopic (exact) mass is 218 g/mol. The molecule has 0 aliphatic carbocycles. The van der Waals surface area contributed by atoms with Gasteiger partial charge in [-0.2, -0.15) is 0 Å². The molecule has 0 saturated carbocycles. The Balaban J connectivity index is 2.39. The van der Waals surface area contributed by atoms with Crippen LogP contribution in [-0.4, -0.2) is 21.7 Å². The summed E-state index contributed by atoms with van der Waals surface area (Å²) in [5.74, 6) is -0.977. The van der Waals surface area contributed by atoms with Gasteiger partial charge in [-0.25, -0.2) is 0 Å². The largest absolute Gasteiger partial charge is 0.480 e. The standard InChI is InChI=1S/C12H14N2O2/c1-8-3-2-4-11-9(8)5-6-14(11)7-10(13)12(15)16/h2-6,10H,7,13H2,1H3,(H,15,16)/t10-/m0/s1. The minimum absolute atomic E-state index is 0.294. The number of aromatic nitrogens is 1. The van der Waals surface area contributed by atoms with Gasteiger partial charge >= 0.3 is 5.97 Å². The predicted molar refractivity (Wildman–Crippen MR) is 62.3 cm³/mol. The molecular formula is C12H14N2O2. The number of nitrogens with two attached hydrogens (primary N) is 1. The van der Waals surface area contributed by atoms with E-state index in [0.717, 1.165) is 10.9 Å². The van der Waals surface area contributed by atoms with E-state index in [1.54, 1.807) is 0 Å². The maximum atomic E-state index is 10.7. The van der Waals surface area contributed by atoms with Gasteiger partial charge in [0.05, 0.1) is 0 Å². The Morgan fingerprint density at radius 1 is 1.50 bits per heavy atom. The van der Waals surface area contributed by atoms with Gasteiger partial charge in [0.2, 0.25) is 0 Å². The smallest absolute Gasteiger partial charge is 0.322 e. The number of rotatable bonds is 3. The second-order valence-corrected chi connectivity index (χ2v) is 3.92. The molecule has 4 heteroatoms. The van der Waals surface area contributed by atoms with Crippen LogP contribution in [0.3, 0.4) is 0 Å². The number of carboxylic acids is 1. The van der Waals surface area contributed by atoms with Crippen LogP contribution < -0.4 is 5.73 Å². The third-order valence-corrected chi connectivity index (χ3v) is 2.74. The fraction of sp³-hybridized carbons (Fsp3) is 0.250. The van der Waals surface area contributed by atoms with Crippen LogP contribution in [0.25, 0.3) is 10.9 Å². The highest BCUT2D eigenvalue weighted by molar-refractivity contribution is 5.83. The molecule has 2 rings (SSSR count). The van der Waals surface area contributed by atoms with Crippen LogP contribution in [0.1, 0.15) is 5.56 Å². The lowest BCUT2D eigenvalue weighted by Crippen LogP contribution is -2.34. The Morgan fingerprint density at radius 3 is 2.94 bits per heavy atom. The Bertz CT molecular complexity index is 531. The van der Waals surface area contributed by atoms with E-state index in [-0.39, 0.29) is 0 Å². The van der Waals surface area contributed by atoms with Crippen molar-refractivity contribution in [1.82, 2.24) is 4.57 Å². The van der Waals surface area contributed by atoms with Crippen molar-refractivity contribution in [2.24, 2.45) is 5.73 Å². The normalized spacial score (nSPS) is 12.9. The van der Waals surface area contributed by atoms with Crippen LogP contribution in [0.5, 0.6) is 0 Å². The number of nitrogens with zero attached hydrogens (tertiary/aromatic N) is 1. The van der Waals surface area contributed by atoms with Crippen LogP contribution in [-0.2, 0) is 11.3 Å². The topological polar surface area (TPSA) is 68.2 Å². The number of aryl methyl sites for hydroxylation is 1. The highest BCUT2D eigenvalue weighted by Gasteiger charge is 2.13. The summed E-state index contributed by atoms with van der Waals surface area (Å²) < 4.78 is 1.88. The van der Waals surface area contributed by atoms with Crippen molar-refractivity contribution >= 4 is 16.9 Å². The SMILES string of the molecule is Cc1cccc2c1ccn2C[C@H](N)C(=O)O. The molecule has 0 amide bonds. The molecule has 0 spiro atoms. The summed E-state index contributed by atoms with van der Waals surface area (Å²) >= 11 is 0. The minimum Gasteiger partial charge on any atom is -0.480 e. The quantitative estimate of drug-likeness (QED) is 0.817. The molecular weight excluding hydrogens is 204 g/mol. The molecule has 4 nitrogen and oxygen atoms in total. The van der Waals surface area contributed by atoms with E-state index in [1.165, 1.54) is 5.56 Å². The molecule has 2 aromatic rings. The molecule has 16 heavy (non-hydrogen) atoms. The van der Waals surface area contributed by atoms with Gasteiger partial charge in [-0.05, 0) is 24.6 Å². The molecule has 0 fully saturated rings. The summed E-state index contributed by atoms with van der Waals surface area (Å²) in [7, 11) is 0. The van der Waals surface area contributed by atoms with Crippen molar-refractivity contribution < 1.29 is 9.90 Å². The van der Waals surface area contributed by atoms with E-state index in [9.17, 15) is 4.79 Å². The first-order valence-corrected chi connectivity index (χ1v) is 5.12. The van der Waals surface area contributed by atoms with Gasteiger partial charge in [-0.1, -0.05) is 12.1 Å². The maximum absolute atomic E-state index is 10.7. The average Bonchev–Trinajstić information content (AvgIpc) is 2.63. The first-order valence-electron chi connectivity index (χ1n) is 5.12. The third-order valence-electron chi connectivity index (χ3n) is 2.74. The molecule has 0 radical (unpaired) electrons. The first kappa shape index (κ1) is 10.7. The minimum atomic E-state index is -0.977. The highest BCUT2D eigenvalue weighted by Crippen LogP contribution is 2.19. The average molecular weight is 218 g/mol. The Morgan fingerprint density at radius 2 is 2.25 bits per heavy atom. The maximum Gasteiger partial charge on any atom is 0.322 e. The van der Waals surface area contributed by atoms with Crippen molar-refractivity contribution in [2.45, 2.75) is 19.5 Å².